The van der Waals surface area contributed by atoms with Crippen LogP contribution in [0.4, 0.5) is 10.1 Å². The molecule has 0 saturated carbocycles. The normalized spacial score (nSPS) is 13.9. The molecule has 0 fully saturated rings. The molecule has 0 aliphatic rings. The fraction of sp³-hybridized carbons (Fsp3) is 0.300. The molecule has 0 saturated heterocycles. The van der Waals surface area contributed by atoms with Crippen molar-refractivity contribution in [3.63, 3.8) is 0 Å². The van der Waals surface area contributed by atoms with Crippen LogP contribution >= 0.6 is 0 Å². The average molecular weight is 565 g/mol. The lowest BCUT2D eigenvalue weighted by Gasteiger charge is -2.22. The number of aromatic nitrogens is 2. The molecule has 0 amide bonds. The van der Waals surface area contributed by atoms with Crippen LogP contribution in [0.25, 0.3) is 11.5 Å². The first-order chi connectivity index (χ1) is 18.9. The van der Waals surface area contributed by atoms with Gasteiger partial charge in [-0.15, -0.1) is 10.2 Å². The summed E-state index contributed by atoms with van der Waals surface area (Å²) in [7, 11) is -3.63. The van der Waals surface area contributed by atoms with E-state index in [-0.39, 0.29) is 42.3 Å². The Morgan fingerprint density at radius 2 is 1.75 bits per heavy atom. The lowest BCUT2D eigenvalue weighted by atomic mass is 9.92. The highest BCUT2D eigenvalue weighted by Gasteiger charge is 2.29. The number of benzene rings is 3. The predicted octanol–water partition coefficient (Wildman–Crippen LogP) is 5.45. The first-order valence-corrected chi connectivity index (χ1v) is 14.8. The van der Waals surface area contributed by atoms with Gasteiger partial charge in [-0.3, -0.25) is 9.10 Å². The quantitative estimate of drug-likeness (QED) is 0.240. The van der Waals surface area contributed by atoms with Crippen LogP contribution < -0.4 is 10.0 Å². The van der Waals surface area contributed by atoms with E-state index in [9.17, 15) is 17.6 Å². The number of nitrogens with two attached hydrogens (primary N) is 1. The van der Waals surface area contributed by atoms with Crippen molar-refractivity contribution in [2.75, 3.05) is 17.1 Å². The molecule has 4 rings (SSSR count). The number of Topliss-reactive ketones (excluding diaryl/α,β-unsaturated/α-hetero) is 1. The molecule has 2 atom stereocenters. The second-order valence-electron chi connectivity index (χ2n) is 10.3. The van der Waals surface area contributed by atoms with Gasteiger partial charge in [0.2, 0.25) is 21.8 Å². The number of sulfonamides is 1. The van der Waals surface area contributed by atoms with Crippen LogP contribution in [0.1, 0.15) is 60.5 Å². The van der Waals surface area contributed by atoms with Crippen molar-refractivity contribution in [2.24, 2.45) is 5.73 Å². The average Bonchev–Trinajstić information content (AvgIpc) is 3.40. The number of hydrogen-bond acceptors (Lipinski definition) is 7. The molecular formula is C30H33FN4O4S. The van der Waals surface area contributed by atoms with Gasteiger partial charge < -0.3 is 10.2 Å². The Labute approximate surface area is 234 Å². The van der Waals surface area contributed by atoms with Gasteiger partial charge in [-0.2, -0.15) is 0 Å². The molecule has 0 unspecified atom stereocenters. The molecular weight excluding hydrogens is 531 g/mol. The zero-order chi connectivity index (χ0) is 29.1. The van der Waals surface area contributed by atoms with E-state index in [1.165, 1.54) is 16.4 Å². The Hall–Kier alpha value is -3.89. The van der Waals surface area contributed by atoms with E-state index < -0.39 is 15.6 Å². The molecule has 1 heterocycles. The van der Waals surface area contributed by atoms with Gasteiger partial charge in [0.1, 0.15) is 5.82 Å². The van der Waals surface area contributed by atoms with Crippen LogP contribution in [0.5, 0.6) is 0 Å². The Bertz CT molecular complexity index is 1590. The smallest absolute Gasteiger partial charge is 0.247 e. The summed E-state index contributed by atoms with van der Waals surface area (Å²) in [6, 6.07) is 20.5. The van der Waals surface area contributed by atoms with Gasteiger partial charge in [-0.05, 0) is 67.6 Å². The minimum atomic E-state index is -3.63. The van der Waals surface area contributed by atoms with Gasteiger partial charge in [0.25, 0.3) is 0 Å². The molecule has 0 radical (unpaired) electrons. The van der Waals surface area contributed by atoms with E-state index in [0.717, 1.165) is 17.4 Å². The lowest BCUT2D eigenvalue weighted by molar-refractivity contribution is 0.0975. The molecule has 4 aromatic rings. The van der Waals surface area contributed by atoms with Crippen molar-refractivity contribution in [1.82, 2.24) is 10.2 Å². The third kappa shape index (κ3) is 6.81. The summed E-state index contributed by atoms with van der Waals surface area (Å²) >= 11 is 0. The Balaban J connectivity index is 1.70. The van der Waals surface area contributed by atoms with Gasteiger partial charge in [0, 0.05) is 24.1 Å². The summed E-state index contributed by atoms with van der Waals surface area (Å²) in [5.41, 5.74) is 8.41. The predicted molar refractivity (Wildman–Crippen MR) is 153 cm³/mol. The van der Waals surface area contributed by atoms with Gasteiger partial charge in [-0.25, -0.2) is 12.8 Å². The molecule has 210 valence electrons. The molecule has 0 spiro atoms. The summed E-state index contributed by atoms with van der Waals surface area (Å²) in [4.78, 5) is 13.4. The maximum atomic E-state index is 13.4. The van der Waals surface area contributed by atoms with Gasteiger partial charge in [0.15, 0.2) is 5.78 Å². The van der Waals surface area contributed by atoms with Gasteiger partial charge >= 0.3 is 0 Å². The van der Waals surface area contributed by atoms with Crippen molar-refractivity contribution in [1.29, 1.82) is 0 Å². The summed E-state index contributed by atoms with van der Waals surface area (Å²) in [6.45, 7) is 5.54. The monoisotopic (exact) mass is 564 g/mol. The molecule has 0 aliphatic heterocycles. The van der Waals surface area contributed by atoms with Crippen LogP contribution in [0, 0.1) is 5.82 Å². The Morgan fingerprint density at radius 3 is 2.38 bits per heavy atom. The number of halogens is 1. The number of carbonyl (C=O) groups is 1. The van der Waals surface area contributed by atoms with E-state index in [1.54, 1.807) is 44.2 Å². The minimum Gasteiger partial charge on any atom is -0.419 e. The summed E-state index contributed by atoms with van der Waals surface area (Å²) < 4.78 is 45.6. The second kappa shape index (κ2) is 11.7. The number of hydrogen-bond donors (Lipinski definition) is 1. The van der Waals surface area contributed by atoms with Crippen LogP contribution in [-0.2, 0) is 22.0 Å². The third-order valence-electron chi connectivity index (χ3n) is 6.72. The highest BCUT2D eigenvalue weighted by molar-refractivity contribution is 7.92. The minimum absolute atomic E-state index is 0.117. The molecule has 40 heavy (non-hydrogen) atoms. The third-order valence-corrected chi connectivity index (χ3v) is 7.99. The van der Waals surface area contributed by atoms with E-state index in [1.807, 2.05) is 37.3 Å². The first kappa shape index (κ1) is 29.1. The molecule has 10 heteroatoms. The number of nitrogens with zero attached hydrogens (tertiary/aromatic N) is 3. The van der Waals surface area contributed by atoms with E-state index in [4.69, 9.17) is 10.2 Å². The number of anilines is 1. The van der Waals surface area contributed by atoms with Gasteiger partial charge in [0.05, 0.1) is 17.5 Å². The fourth-order valence-corrected chi connectivity index (χ4v) is 5.58. The summed E-state index contributed by atoms with van der Waals surface area (Å²) in [6.07, 6.45) is 1.69. The van der Waals surface area contributed by atoms with Crippen LogP contribution in [0.15, 0.2) is 77.2 Å². The number of ketones is 1. The highest BCUT2D eigenvalue weighted by atomic mass is 32.2. The van der Waals surface area contributed by atoms with Crippen molar-refractivity contribution >= 4 is 21.5 Å². The van der Waals surface area contributed by atoms with Crippen LogP contribution in [0.3, 0.4) is 0 Å². The zero-order valence-corrected chi connectivity index (χ0v) is 23.8. The van der Waals surface area contributed by atoms with Crippen LogP contribution in [-0.4, -0.2) is 37.2 Å². The van der Waals surface area contributed by atoms with E-state index >= 15 is 0 Å². The highest BCUT2D eigenvalue weighted by Crippen LogP contribution is 2.32. The standard InChI is InChI=1S/C30H33FN4O4S/c1-5-35(40(4,37)38)26-17-23(27(36)15-20(2)22-11-13-25(31)14-12-22)16-24(18-26)28-33-34-29(39-28)30(3,32)19-21-9-7-6-8-10-21/h6-14,16-18,20H,5,15,19,32H2,1-4H3/t20-,30+/m0/s1. The van der Waals surface area contributed by atoms with Crippen molar-refractivity contribution in [3.05, 3.63) is 101 Å². The number of carbonyl (C=O) groups excluding carboxylic acids is 1. The summed E-state index contributed by atoms with van der Waals surface area (Å²) in [5.74, 6) is -0.423. The maximum Gasteiger partial charge on any atom is 0.247 e. The topological polar surface area (TPSA) is 119 Å². The molecule has 8 nitrogen and oxygen atoms in total. The maximum absolute atomic E-state index is 13.4. The first-order valence-electron chi connectivity index (χ1n) is 13.0. The molecule has 0 bridgehead atoms. The fourth-order valence-electron chi connectivity index (χ4n) is 4.62. The largest absolute Gasteiger partial charge is 0.419 e. The molecule has 2 N–H and O–H groups in total. The van der Waals surface area contributed by atoms with E-state index in [0.29, 0.717) is 23.2 Å². The lowest BCUT2D eigenvalue weighted by Crippen LogP contribution is -2.35. The molecule has 3 aromatic carbocycles. The summed E-state index contributed by atoms with van der Waals surface area (Å²) in [5, 5.41) is 8.37. The Kier molecular flexibility index (Phi) is 8.51. The zero-order valence-electron chi connectivity index (χ0n) is 23.0. The van der Waals surface area contributed by atoms with Crippen molar-refractivity contribution in [2.45, 2.75) is 45.1 Å². The van der Waals surface area contributed by atoms with Gasteiger partial charge in [-0.1, -0.05) is 49.4 Å². The number of rotatable bonds is 11. The molecule has 0 aliphatic carbocycles. The molecule has 1 aromatic heterocycles. The van der Waals surface area contributed by atoms with E-state index in [2.05, 4.69) is 10.2 Å². The Morgan fingerprint density at radius 1 is 1.07 bits per heavy atom. The second-order valence-corrected chi connectivity index (χ2v) is 12.2. The SMILES string of the molecule is CCN(c1cc(C(=O)C[C@H](C)c2ccc(F)cc2)cc(-c2nnc([C@](C)(N)Cc3ccccc3)o2)c1)S(C)(=O)=O. The van der Waals surface area contributed by atoms with Crippen LogP contribution in [0.2, 0.25) is 0 Å². The van der Waals surface area contributed by atoms with Crippen molar-refractivity contribution < 1.29 is 22.0 Å². The van der Waals surface area contributed by atoms with Crippen molar-refractivity contribution in [3.8, 4) is 11.5 Å².